The summed E-state index contributed by atoms with van der Waals surface area (Å²) >= 11 is 0. The molecule has 1 rings (SSSR count). The molecule has 0 radical (unpaired) electrons. The van der Waals surface area contributed by atoms with Gasteiger partial charge in [0.2, 0.25) is 0 Å². The molecule has 3 nitrogen and oxygen atoms in total. The molecule has 0 fully saturated rings. The van der Waals surface area contributed by atoms with E-state index in [2.05, 4.69) is 11.9 Å². The Labute approximate surface area is 171 Å². The van der Waals surface area contributed by atoms with Gasteiger partial charge in [-0.15, -0.1) is 0 Å². The zero-order chi connectivity index (χ0) is 23.0. The van der Waals surface area contributed by atoms with E-state index >= 15 is 0 Å². The van der Waals surface area contributed by atoms with Gasteiger partial charge in [0.15, 0.2) is 0 Å². The van der Waals surface area contributed by atoms with Crippen molar-refractivity contribution in [3.8, 4) is 0 Å². The highest BCUT2D eigenvalue weighted by Crippen LogP contribution is 2.32. The summed E-state index contributed by atoms with van der Waals surface area (Å²) < 4.78 is 49.7. The summed E-state index contributed by atoms with van der Waals surface area (Å²) in [6.45, 7) is 13.4. The Morgan fingerprint density at radius 3 is 2.21 bits per heavy atom. The van der Waals surface area contributed by atoms with Crippen LogP contribution in [0.4, 0.5) is 17.6 Å². The molecule has 7 heteroatoms. The van der Waals surface area contributed by atoms with E-state index in [1.165, 1.54) is 6.07 Å². The van der Waals surface area contributed by atoms with Crippen molar-refractivity contribution in [2.75, 3.05) is 6.54 Å². The second-order valence-corrected chi connectivity index (χ2v) is 5.84. The quantitative estimate of drug-likeness (QED) is 0.447. The maximum atomic E-state index is 12.8. The predicted octanol–water partition coefficient (Wildman–Crippen LogP) is 6.99. The molecule has 0 aliphatic rings. The molecule has 0 bridgehead atoms. The molecular weight excluding hydrogens is 386 g/mol. The molecule has 0 saturated heterocycles. The number of halogens is 4. The van der Waals surface area contributed by atoms with Crippen molar-refractivity contribution in [2.45, 2.75) is 66.6 Å². The van der Waals surface area contributed by atoms with Crippen molar-refractivity contribution in [1.29, 1.82) is 0 Å². The van der Waals surface area contributed by atoms with Crippen LogP contribution < -0.4 is 5.32 Å². The molecule has 0 aliphatic heterocycles. The summed E-state index contributed by atoms with van der Waals surface area (Å²) in [5.74, 6) is -1.14. The van der Waals surface area contributed by atoms with Gasteiger partial charge in [-0.1, -0.05) is 46.4 Å². The number of hydrogen-bond donors (Lipinski definition) is 2. The number of hydrogen-bond acceptors (Lipinski definition) is 2. The molecule has 0 heterocycles. The first-order valence-electron chi connectivity index (χ1n) is 9.65. The predicted molar refractivity (Wildman–Crippen MR) is 111 cm³/mol. The first kappa shape index (κ1) is 29.1. The Balaban J connectivity index is 0. The zero-order valence-corrected chi connectivity index (χ0v) is 17.9. The third-order valence-electron chi connectivity index (χ3n) is 3.62. The monoisotopic (exact) mass is 419 g/mol. The highest BCUT2D eigenvalue weighted by atomic mass is 19.4. The number of rotatable bonds is 8. The van der Waals surface area contributed by atoms with E-state index in [9.17, 15) is 22.4 Å². The molecule has 2 N–H and O–H groups in total. The number of aliphatic carboxylic acids is 1. The minimum Gasteiger partial charge on any atom is -0.481 e. The standard InChI is InChI=1S/C16H20F3NO2.C4H7F.C2H6/c1-3-20-10-12-9-13(16(17,18)19)7-8-14(12)11(2)5-4-6-15(21)22;1-3-4(2)5;1-2/h5,7-9,20H,3-4,6,10H2,1-2H3,(H,21,22);2-3H2,1H3;1-2H3/b11-5+;;. The summed E-state index contributed by atoms with van der Waals surface area (Å²) in [6.07, 6.45) is -1.84. The fraction of sp³-hybridized carbons (Fsp3) is 0.500. The van der Waals surface area contributed by atoms with E-state index in [0.29, 0.717) is 37.1 Å². The molecular formula is C22H33F4NO2. The van der Waals surface area contributed by atoms with Gasteiger partial charge >= 0.3 is 12.1 Å². The summed E-state index contributed by atoms with van der Waals surface area (Å²) in [5, 5.41) is 11.7. The fourth-order valence-corrected chi connectivity index (χ4v) is 2.08. The molecule has 29 heavy (non-hydrogen) atoms. The Bertz CT molecular complexity index is 653. The van der Waals surface area contributed by atoms with Gasteiger partial charge in [0.05, 0.1) is 11.4 Å². The summed E-state index contributed by atoms with van der Waals surface area (Å²) in [5.41, 5.74) is 1.37. The Hall–Kier alpha value is -2.15. The first-order chi connectivity index (χ1) is 13.5. The Morgan fingerprint density at radius 1 is 1.24 bits per heavy atom. The SMILES string of the molecule is C=C(F)CC.CC.CCNCc1cc(C(F)(F)F)ccc1/C(C)=C/CCC(=O)O. The lowest BCUT2D eigenvalue weighted by molar-refractivity contribution is -0.138. The van der Waals surface area contributed by atoms with Crippen LogP contribution in [0.5, 0.6) is 0 Å². The van der Waals surface area contributed by atoms with Crippen molar-refractivity contribution in [2.24, 2.45) is 0 Å². The Kier molecular flexibility index (Phi) is 15.8. The number of allylic oxidation sites excluding steroid dienone is 3. The number of carbonyl (C=O) groups is 1. The van der Waals surface area contributed by atoms with Crippen LogP contribution in [-0.4, -0.2) is 17.6 Å². The van der Waals surface area contributed by atoms with Crippen molar-refractivity contribution in [3.63, 3.8) is 0 Å². The molecule has 0 atom stereocenters. The highest BCUT2D eigenvalue weighted by molar-refractivity contribution is 5.69. The van der Waals surface area contributed by atoms with Crippen molar-refractivity contribution in [3.05, 3.63) is 53.4 Å². The number of carboxylic acid groups (broad SMARTS) is 1. The van der Waals surface area contributed by atoms with Crippen LogP contribution in [0.15, 0.2) is 36.7 Å². The lowest BCUT2D eigenvalue weighted by atomic mass is 9.97. The topological polar surface area (TPSA) is 49.3 Å². The minimum atomic E-state index is -4.37. The highest BCUT2D eigenvalue weighted by Gasteiger charge is 2.30. The summed E-state index contributed by atoms with van der Waals surface area (Å²) in [6, 6.07) is 3.65. The van der Waals surface area contributed by atoms with Crippen molar-refractivity contribution < 1.29 is 27.5 Å². The number of benzene rings is 1. The number of nitrogens with one attached hydrogen (secondary N) is 1. The molecule has 0 aromatic heterocycles. The zero-order valence-electron chi connectivity index (χ0n) is 17.9. The maximum absolute atomic E-state index is 12.8. The largest absolute Gasteiger partial charge is 0.481 e. The van der Waals surface area contributed by atoms with Crippen LogP contribution >= 0.6 is 0 Å². The fourth-order valence-electron chi connectivity index (χ4n) is 2.08. The van der Waals surface area contributed by atoms with Crippen molar-refractivity contribution >= 4 is 11.5 Å². The van der Waals surface area contributed by atoms with Crippen LogP contribution in [0.2, 0.25) is 0 Å². The molecule has 166 valence electrons. The van der Waals surface area contributed by atoms with Crippen LogP contribution in [0.25, 0.3) is 5.57 Å². The van der Waals surface area contributed by atoms with Gasteiger partial charge in [-0.3, -0.25) is 4.79 Å². The van der Waals surface area contributed by atoms with Crippen LogP contribution in [0, 0.1) is 0 Å². The van der Waals surface area contributed by atoms with E-state index in [1.807, 2.05) is 20.8 Å². The third-order valence-corrected chi connectivity index (χ3v) is 3.62. The van der Waals surface area contributed by atoms with E-state index in [4.69, 9.17) is 5.11 Å². The smallest absolute Gasteiger partial charge is 0.416 e. The average Bonchev–Trinajstić information content (AvgIpc) is 2.67. The molecule has 0 saturated carbocycles. The van der Waals surface area contributed by atoms with Gasteiger partial charge in [-0.05, 0) is 55.1 Å². The molecule has 0 amide bonds. The first-order valence-corrected chi connectivity index (χ1v) is 9.65. The Morgan fingerprint density at radius 2 is 1.79 bits per heavy atom. The van der Waals surface area contributed by atoms with Gasteiger partial charge in [0.25, 0.3) is 0 Å². The second-order valence-electron chi connectivity index (χ2n) is 5.84. The van der Waals surface area contributed by atoms with E-state index < -0.39 is 17.7 Å². The van der Waals surface area contributed by atoms with Gasteiger partial charge in [-0.25, -0.2) is 4.39 Å². The normalized spacial score (nSPS) is 11.0. The molecule has 0 aliphatic carbocycles. The van der Waals surface area contributed by atoms with Crippen LogP contribution in [0.3, 0.4) is 0 Å². The average molecular weight is 420 g/mol. The molecule has 1 aromatic rings. The number of alkyl halides is 3. The van der Waals surface area contributed by atoms with Crippen molar-refractivity contribution in [1.82, 2.24) is 5.32 Å². The lowest BCUT2D eigenvalue weighted by Crippen LogP contribution is -2.15. The van der Waals surface area contributed by atoms with Gasteiger partial charge in [0.1, 0.15) is 0 Å². The van der Waals surface area contributed by atoms with Gasteiger partial charge in [-0.2, -0.15) is 13.2 Å². The number of carboxylic acids is 1. The van der Waals surface area contributed by atoms with Crippen LogP contribution in [-0.2, 0) is 17.5 Å². The van der Waals surface area contributed by atoms with E-state index in [1.54, 1.807) is 19.9 Å². The van der Waals surface area contributed by atoms with E-state index in [-0.39, 0.29) is 12.2 Å². The maximum Gasteiger partial charge on any atom is 0.416 e. The molecule has 0 spiro atoms. The molecule has 1 aromatic carbocycles. The third kappa shape index (κ3) is 13.6. The van der Waals surface area contributed by atoms with Crippen LogP contribution in [0.1, 0.15) is 70.6 Å². The van der Waals surface area contributed by atoms with Gasteiger partial charge < -0.3 is 10.4 Å². The van der Waals surface area contributed by atoms with Gasteiger partial charge in [0, 0.05) is 13.0 Å². The minimum absolute atomic E-state index is 0.000514. The van der Waals surface area contributed by atoms with E-state index in [0.717, 1.165) is 17.7 Å². The molecule has 0 unspecified atom stereocenters. The summed E-state index contributed by atoms with van der Waals surface area (Å²) in [7, 11) is 0. The second kappa shape index (κ2) is 15.7. The summed E-state index contributed by atoms with van der Waals surface area (Å²) in [4.78, 5) is 10.5. The lowest BCUT2D eigenvalue weighted by Gasteiger charge is -2.14.